The Morgan fingerprint density at radius 2 is 2.00 bits per heavy atom. The summed E-state index contributed by atoms with van der Waals surface area (Å²) in [4.78, 5) is 13.0. The second kappa shape index (κ2) is 4.52. The molecule has 0 atom stereocenters. The van der Waals surface area contributed by atoms with Crippen molar-refractivity contribution in [3.05, 3.63) is 41.1 Å². The molecule has 0 aliphatic heterocycles. The van der Waals surface area contributed by atoms with Crippen LogP contribution in [0.4, 0.5) is 0 Å². The molecule has 0 spiro atoms. The normalized spacial score (nSPS) is 14.4. The maximum absolute atomic E-state index is 6.48. The van der Waals surface area contributed by atoms with Gasteiger partial charge in [0.15, 0.2) is 5.65 Å². The lowest BCUT2D eigenvalue weighted by Gasteiger charge is -2.16. The van der Waals surface area contributed by atoms with Crippen LogP contribution in [0.3, 0.4) is 0 Å². The molecule has 0 radical (unpaired) electrons. The molecule has 0 aromatic carbocycles. The molecule has 0 unspecified atom stereocenters. The molecule has 5 nitrogen and oxygen atoms in total. The van der Waals surface area contributed by atoms with E-state index in [1.807, 2.05) is 6.07 Å². The third-order valence-corrected chi connectivity index (χ3v) is 4.03. The van der Waals surface area contributed by atoms with Gasteiger partial charge in [-0.3, -0.25) is 9.97 Å². The quantitative estimate of drug-likeness (QED) is 0.645. The van der Waals surface area contributed by atoms with E-state index in [9.17, 15) is 0 Å². The summed E-state index contributed by atoms with van der Waals surface area (Å²) >= 11 is 6.48. The molecule has 0 saturated carbocycles. The third kappa shape index (κ3) is 1.78. The van der Waals surface area contributed by atoms with Gasteiger partial charge in [-0.15, -0.1) is 0 Å². The fraction of sp³-hybridized carbons (Fsp3) is 0.286. The zero-order chi connectivity index (χ0) is 13.5. The molecule has 0 fully saturated rings. The van der Waals surface area contributed by atoms with Gasteiger partial charge in [-0.25, -0.2) is 9.50 Å². The Morgan fingerprint density at radius 1 is 1.10 bits per heavy atom. The van der Waals surface area contributed by atoms with Crippen molar-refractivity contribution in [2.45, 2.75) is 25.7 Å². The highest BCUT2D eigenvalue weighted by molar-refractivity contribution is 6.30. The number of halogens is 1. The van der Waals surface area contributed by atoms with Gasteiger partial charge in [0, 0.05) is 29.7 Å². The Morgan fingerprint density at radius 3 is 2.85 bits per heavy atom. The third-order valence-electron chi connectivity index (χ3n) is 3.64. The lowest BCUT2D eigenvalue weighted by Crippen LogP contribution is -2.09. The molecular weight excluding hydrogens is 274 g/mol. The van der Waals surface area contributed by atoms with E-state index in [0.29, 0.717) is 5.15 Å². The molecule has 0 bridgehead atoms. The van der Waals surface area contributed by atoms with Crippen LogP contribution in [0.15, 0.2) is 24.7 Å². The van der Waals surface area contributed by atoms with Crippen molar-refractivity contribution in [1.29, 1.82) is 0 Å². The van der Waals surface area contributed by atoms with Crippen molar-refractivity contribution in [2.75, 3.05) is 0 Å². The monoisotopic (exact) mass is 285 g/mol. The summed E-state index contributed by atoms with van der Waals surface area (Å²) in [5.41, 5.74) is 4.50. The number of rotatable bonds is 1. The highest BCUT2D eigenvalue weighted by Gasteiger charge is 2.19. The standard InChI is InChI=1S/C14H12ClN5/c15-14-9-3-1-2-4-10(9)18-13-7-11(19-20(13)14)12-8-16-5-6-17-12/h5-8H,1-4H2. The molecule has 3 aromatic heterocycles. The summed E-state index contributed by atoms with van der Waals surface area (Å²) in [5.74, 6) is 0. The van der Waals surface area contributed by atoms with E-state index in [4.69, 9.17) is 16.6 Å². The van der Waals surface area contributed by atoms with Crippen molar-refractivity contribution in [3.8, 4) is 11.4 Å². The summed E-state index contributed by atoms with van der Waals surface area (Å²) in [6, 6.07) is 1.91. The summed E-state index contributed by atoms with van der Waals surface area (Å²) in [6.45, 7) is 0. The molecule has 1 aliphatic rings. The molecule has 6 heteroatoms. The van der Waals surface area contributed by atoms with E-state index in [1.165, 1.54) is 6.42 Å². The Bertz CT molecular complexity index is 781. The van der Waals surface area contributed by atoms with Crippen LogP contribution in [-0.4, -0.2) is 24.6 Å². The van der Waals surface area contributed by atoms with Crippen LogP contribution < -0.4 is 0 Å². The SMILES string of the molecule is Clc1c2c(nc3cc(-c4cnccn4)nn13)CCCC2. The highest BCUT2D eigenvalue weighted by atomic mass is 35.5. The zero-order valence-electron chi connectivity index (χ0n) is 10.8. The van der Waals surface area contributed by atoms with E-state index in [0.717, 1.165) is 47.6 Å². The maximum atomic E-state index is 6.48. The molecule has 3 heterocycles. The minimum atomic E-state index is 0.680. The Hall–Kier alpha value is -2.01. The Kier molecular flexibility index (Phi) is 2.67. The van der Waals surface area contributed by atoms with Crippen molar-refractivity contribution in [3.63, 3.8) is 0 Å². The first-order valence-electron chi connectivity index (χ1n) is 6.66. The molecule has 1 aliphatic carbocycles. The smallest absolute Gasteiger partial charge is 0.157 e. The molecule has 20 heavy (non-hydrogen) atoms. The van der Waals surface area contributed by atoms with Crippen molar-refractivity contribution >= 4 is 17.2 Å². The number of aromatic nitrogens is 5. The van der Waals surface area contributed by atoms with Gasteiger partial charge >= 0.3 is 0 Å². The van der Waals surface area contributed by atoms with Gasteiger partial charge in [-0.1, -0.05) is 11.6 Å². The average Bonchev–Trinajstić information content (AvgIpc) is 2.93. The first kappa shape index (κ1) is 11.8. The van der Waals surface area contributed by atoms with Crippen molar-refractivity contribution < 1.29 is 0 Å². The fourth-order valence-electron chi connectivity index (χ4n) is 2.65. The van der Waals surface area contributed by atoms with Crippen LogP contribution in [0.2, 0.25) is 5.15 Å². The van der Waals surface area contributed by atoms with Gasteiger partial charge in [0.2, 0.25) is 0 Å². The van der Waals surface area contributed by atoms with Gasteiger partial charge < -0.3 is 0 Å². The van der Waals surface area contributed by atoms with Crippen LogP contribution in [0.1, 0.15) is 24.1 Å². The highest BCUT2D eigenvalue weighted by Crippen LogP contribution is 2.28. The van der Waals surface area contributed by atoms with Crippen molar-refractivity contribution in [1.82, 2.24) is 24.6 Å². The van der Waals surface area contributed by atoms with Gasteiger partial charge in [0.25, 0.3) is 0 Å². The van der Waals surface area contributed by atoms with E-state index in [-0.39, 0.29) is 0 Å². The predicted molar refractivity (Wildman–Crippen MR) is 75.7 cm³/mol. The van der Waals surface area contributed by atoms with Gasteiger partial charge in [0.05, 0.1) is 6.20 Å². The minimum absolute atomic E-state index is 0.680. The van der Waals surface area contributed by atoms with Crippen LogP contribution in [0, 0.1) is 0 Å². The van der Waals surface area contributed by atoms with Gasteiger partial charge in [-0.2, -0.15) is 5.10 Å². The number of nitrogens with zero attached hydrogens (tertiary/aromatic N) is 5. The van der Waals surface area contributed by atoms with Crippen molar-refractivity contribution in [2.24, 2.45) is 0 Å². The second-order valence-corrected chi connectivity index (χ2v) is 5.28. The largest absolute Gasteiger partial charge is 0.261 e. The van der Waals surface area contributed by atoms with E-state index in [1.54, 1.807) is 23.1 Å². The molecule has 4 rings (SSSR count). The molecule has 0 amide bonds. The van der Waals surface area contributed by atoms with E-state index >= 15 is 0 Å². The average molecular weight is 286 g/mol. The molecule has 0 N–H and O–H groups in total. The van der Waals surface area contributed by atoms with Gasteiger partial charge in [0.1, 0.15) is 16.5 Å². The topological polar surface area (TPSA) is 56.0 Å². The second-order valence-electron chi connectivity index (χ2n) is 4.93. The summed E-state index contributed by atoms with van der Waals surface area (Å²) in [5, 5.41) is 5.19. The molecule has 0 saturated heterocycles. The molecular formula is C14H12ClN5. The number of fused-ring (bicyclic) bond motifs is 2. The Balaban J connectivity index is 1.93. The zero-order valence-corrected chi connectivity index (χ0v) is 11.5. The summed E-state index contributed by atoms with van der Waals surface area (Å²) in [7, 11) is 0. The Labute approximate surface area is 120 Å². The number of hydrogen-bond donors (Lipinski definition) is 0. The van der Waals surface area contributed by atoms with Crippen LogP contribution in [-0.2, 0) is 12.8 Å². The molecule has 3 aromatic rings. The van der Waals surface area contributed by atoms with E-state index in [2.05, 4.69) is 15.1 Å². The van der Waals surface area contributed by atoms with Crippen LogP contribution in [0.5, 0.6) is 0 Å². The maximum Gasteiger partial charge on any atom is 0.157 e. The lowest BCUT2D eigenvalue weighted by atomic mass is 9.97. The first-order chi connectivity index (χ1) is 9.83. The van der Waals surface area contributed by atoms with Gasteiger partial charge in [-0.05, 0) is 25.7 Å². The summed E-state index contributed by atoms with van der Waals surface area (Å²) in [6.07, 6.45) is 9.31. The number of hydrogen-bond acceptors (Lipinski definition) is 4. The number of aryl methyl sites for hydroxylation is 1. The minimum Gasteiger partial charge on any atom is -0.261 e. The fourth-order valence-corrected chi connectivity index (χ4v) is 2.98. The summed E-state index contributed by atoms with van der Waals surface area (Å²) < 4.78 is 1.70. The first-order valence-corrected chi connectivity index (χ1v) is 7.04. The molecule has 100 valence electrons. The predicted octanol–water partition coefficient (Wildman–Crippen LogP) is 2.72. The lowest BCUT2D eigenvalue weighted by molar-refractivity contribution is 0.660. The van der Waals surface area contributed by atoms with Crippen LogP contribution in [0.25, 0.3) is 17.0 Å². The van der Waals surface area contributed by atoms with E-state index < -0.39 is 0 Å². The van der Waals surface area contributed by atoms with Crippen LogP contribution >= 0.6 is 11.6 Å².